The molecule has 2 nitrogen and oxygen atoms in total. The van der Waals surface area contributed by atoms with Crippen molar-refractivity contribution in [1.82, 2.24) is 4.90 Å². The van der Waals surface area contributed by atoms with Gasteiger partial charge < -0.3 is 4.90 Å². The van der Waals surface area contributed by atoms with E-state index in [1.165, 1.54) is 6.92 Å². The highest BCUT2D eigenvalue weighted by atomic mass is 19.4. The smallest absolute Gasteiger partial charge is 0.372 e. The zero-order valence-electron chi connectivity index (χ0n) is 15.1. The van der Waals surface area contributed by atoms with E-state index in [9.17, 15) is 13.2 Å². The van der Waals surface area contributed by atoms with E-state index >= 15 is 0 Å². The van der Waals surface area contributed by atoms with Gasteiger partial charge in [-0.1, -0.05) is 24.3 Å². The van der Waals surface area contributed by atoms with Gasteiger partial charge in [0.05, 0.1) is 5.56 Å². The molecule has 0 N–H and O–H groups in total. The van der Waals surface area contributed by atoms with Gasteiger partial charge >= 0.3 is 6.18 Å². The number of rotatable bonds is 6. The number of hydrogen-bond acceptors (Lipinski definition) is 2. The molecule has 1 fully saturated rings. The van der Waals surface area contributed by atoms with Crippen LogP contribution < -0.4 is 0 Å². The standard InChI is InChI=1S/C21H25F3N2/c1-4-17-10-13-26(14-11-17)19(9-12-25-3)7-5-18-6-8-20(16(2)15-18)21(22,23)24/h4,6-9,12,15,17H,1,3,5,10-11,13-14H2,2H3/b12-9-,19-7+. The lowest BCUT2D eigenvalue weighted by molar-refractivity contribution is -0.138. The molecule has 1 aromatic rings. The second-order valence-electron chi connectivity index (χ2n) is 6.54. The lowest BCUT2D eigenvalue weighted by Gasteiger charge is -2.33. The predicted molar refractivity (Wildman–Crippen MR) is 101 cm³/mol. The van der Waals surface area contributed by atoms with E-state index in [1.54, 1.807) is 18.3 Å². The molecule has 0 bridgehead atoms. The SMILES string of the molecule is C=CC1CCN(C(/C=C\N=C)=C/Cc2ccc(C(F)(F)F)c(C)c2)CC1. The van der Waals surface area contributed by atoms with Crippen LogP contribution in [-0.2, 0) is 12.6 Å². The zero-order valence-corrected chi connectivity index (χ0v) is 15.1. The summed E-state index contributed by atoms with van der Waals surface area (Å²) >= 11 is 0. The number of likely N-dealkylation sites (tertiary alicyclic amines) is 1. The lowest BCUT2D eigenvalue weighted by Crippen LogP contribution is -2.32. The monoisotopic (exact) mass is 362 g/mol. The van der Waals surface area contributed by atoms with Crippen molar-refractivity contribution in [1.29, 1.82) is 0 Å². The Kier molecular flexibility index (Phi) is 6.83. The number of allylic oxidation sites excluding steroid dienone is 3. The van der Waals surface area contributed by atoms with Crippen LogP contribution in [0.25, 0.3) is 0 Å². The van der Waals surface area contributed by atoms with Crippen LogP contribution in [-0.4, -0.2) is 24.7 Å². The Bertz CT molecular complexity index is 694. The molecule has 0 amide bonds. The van der Waals surface area contributed by atoms with E-state index in [-0.39, 0.29) is 5.56 Å². The number of piperidine rings is 1. The van der Waals surface area contributed by atoms with Gasteiger partial charge in [-0.15, -0.1) is 6.58 Å². The molecule has 1 heterocycles. The molecule has 26 heavy (non-hydrogen) atoms. The first-order valence-corrected chi connectivity index (χ1v) is 8.72. The van der Waals surface area contributed by atoms with Crippen molar-refractivity contribution in [3.63, 3.8) is 0 Å². The summed E-state index contributed by atoms with van der Waals surface area (Å²) in [5, 5.41) is 0. The van der Waals surface area contributed by atoms with Crippen LogP contribution in [0.5, 0.6) is 0 Å². The molecule has 1 aromatic carbocycles. The van der Waals surface area contributed by atoms with E-state index < -0.39 is 11.7 Å². The Morgan fingerprint density at radius 2 is 2.00 bits per heavy atom. The summed E-state index contributed by atoms with van der Waals surface area (Å²) in [6.45, 7) is 10.7. The van der Waals surface area contributed by atoms with Crippen LogP contribution in [0.15, 0.2) is 59.9 Å². The first kappa shape index (κ1) is 20.0. The Balaban J connectivity index is 2.15. The normalized spacial score (nSPS) is 16.9. The van der Waals surface area contributed by atoms with Crippen LogP contribution in [0.2, 0.25) is 0 Å². The second-order valence-corrected chi connectivity index (χ2v) is 6.54. The Morgan fingerprint density at radius 1 is 1.31 bits per heavy atom. The third-order valence-electron chi connectivity index (χ3n) is 4.73. The maximum absolute atomic E-state index is 12.9. The Hall–Kier alpha value is -2.30. The fraction of sp³-hybridized carbons (Fsp3) is 0.381. The molecule has 140 valence electrons. The second kappa shape index (κ2) is 8.88. The highest BCUT2D eigenvalue weighted by Gasteiger charge is 2.32. The number of halogens is 3. The van der Waals surface area contributed by atoms with Gasteiger partial charge in [-0.3, -0.25) is 4.99 Å². The van der Waals surface area contributed by atoms with Gasteiger partial charge in [0, 0.05) is 25.0 Å². The van der Waals surface area contributed by atoms with Gasteiger partial charge in [-0.2, -0.15) is 13.2 Å². The van der Waals surface area contributed by atoms with Crippen molar-refractivity contribution in [2.75, 3.05) is 13.1 Å². The first-order valence-electron chi connectivity index (χ1n) is 8.72. The number of aryl methyl sites for hydroxylation is 1. The third-order valence-corrected chi connectivity index (χ3v) is 4.73. The summed E-state index contributed by atoms with van der Waals surface area (Å²) in [5.74, 6) is 0.548. The fourth-order valence-corrected chi connectivity index (χ4v) is 3.22. The lowest BCUT2D eigenvalue weighted by atomic mass is 9.96. The summed E-state index contributed by atoms with van der Waals surface area (Å²) < 4.78 is 38.7. The molecule has 0 radical (unpaired) electrons. The molecule has 0 aliphatic carbocycles. The van der Waals surface area contributed by atoms with Crippen molar-refractivity contribution in [2.24, 2.45) is 10.9 Å². The number of alkyl halides is 3. The van der Waals surface area contributed by atoms with Crippen LogP contribution in [0.4, 0.5) is 13.2 Å². The minimum absolute atomic E-state index is 0.250. The number of nitrogens with zero attached hydrogens (tertiary/aromatic N) is 2. The third kappa shape index (κ3) is 5.35. The quantitative estimate of drug-likeness (QED) is 0.368. The molecule has 1 saturated heterocycles. The molecular weight excluding hydrogens is 337 g/mol. The topological polar surface area (TPSA) is 15.6 Å². The van der Waals surface area contributed by atoms with Crippen molar-refractivity contribution >= 4 is 6.72 Å². The number of benzene rings is 1. The number of hydrogen-bond donors (Lipinski definition) is 0. The van der Waals surface area contributed by atoms with E-state index in [0.717, 1.165) is 43.3 Å². The van der Waals surface area contributed by atoms with E-state index in [0.29, 0.717) is 12.3 Å². The summed E-state index contributed by atoms with van der Waals surface area (Å²) in [6.07, 6.45) is 5.95. The summed E-state index contributed by atoms with van der Waals surface area (Å²) in [4.78, 5) is 6.05. The van der Waals surface area contributed by atoms with Crippen LogP contribution >= 0.6 is 0 Å². The van der Waals surface area contributed by atoms with Crippen LogP contribution in [0.1, 0.15) is 29.5 Å². The van der Waals surface area contributed by atoms with Gasteiger partial charge in [0.1, 0.15) is 0 Å². The molecule has 1 aliphatic rings. The molecule has 0 atom stereocenters. The minimum Gasteiger partial charge on any atom is -0.372 e. The predicted octanol–water partition coefficient (Wildman–Crippen LogP) is 5.55. The van der Waals surface area contributed by atoms with E-state index in [1.807, 2.05) is 18.2 Å². The summed E-state index contributed by atoms with van der Waals surface area (Å²) in [5.41, 5.74) is 1.55. The van der Waals surface area contributed by atoms with E-state index in [4.69, 9.17) is 0 Å². The highest BCUT2D eigenvalue weighted by molar-refractivity contribution is 5.35. The maximum atomic E-state index is 12.9. The summed E-state index contributed by atoms with van der Waals surface area (Å²) in [6, 6.07) is 4.31. The van der Waals surface area contributed by atoms with E-state index in [2.05, 4.69) is 23.2 Å². The Labute approximate surface area is 153 Å². The fourth-order valence-electron chi connectivity index (χ4n) is 3.22. The molecule has 0 spiro atoms. The largest absolute Gasteiger partial charge is 0.416 e. The first-order chi connectivity index (χ1) is 12.3. The van der Waals surface area contributed by atoms with Crippen molar-refractivity contribution < 1.29 is 13.2 Å². The molecular formula is C21H25F3N2. The molecule has 0 unspecified atom stereocenters. The molecule has 1 aliphatic heterocycles. The maximum Gasteiger partial charge on any atom is 0.416 e. The van der Waals surface area contributed by atoms with Crippen LogP contribution in [0.3, 0.4) is 0 Å². The van der Waals surface area contributed by atoms with Gasteiger partial charge in [-0.05, 0) is 62.1 Å². The summed E-state index contributed by atoms with van der Waals surface area (Å²) in [7, 11) is 0. The van der Waals surface area contributed by atoms with Gasteiger partial charge in [0.15, 0.2) is 0 Å². The van der Waals surface area contributed by atoms with Gasteiger partial charge in [-0.25, -0.2) is 0 Å². The van der Waals surface area contributed by atoms with Crippen molar-refractivity contribution in [2.45, 2.75) is 32.4 Å². The molecule has 5 heteroatoms. The van der Waals surface area contributed by atoms with Crippen molar-refractivity contribution in [3.05, 3.63) is 71.6 Å². The van der Waals surface area contributed by atoms with Gasteiger partial charge in [0.25, 0.3) is 0 Å². The van der Waals surface area contributed by atoms with Gasteiger partial charge in [0.2, 0.25) is 0 Å². The Morgan fingerprint density at radius 3 is 2.54 bits per heavy atom. The van der Waals surface area contributed by atoms with Crippen molar-refractivity contribution in [3.8, 4) is 0 Å². The highest BCUT2D eigenvalue weighted by Crippen LogP contribution is 2.32. The molecule has 2 rings (SSSR count). The number of aliphatic imine (C=N–C) groups is 1. The zero-order chi connectivity index (χ0) is 19.2. The average molecular weight is 362 g/mol. The van der Waals surface area contributed by atoms with Crippen LogP contribution in [0, 0.1) is 12.8 Å². The molecule has 0 aromatic heterocycles. The molecule has 0 saturated carbocycles. The minimum atomic E-state index is -4.31. The average Bonchev–Trinajstić information content (AvgIpc) is 2.61.